The van der Waals surface area contributed by atoms with Crippen molar-refractivity contribution in [1.29, 1.82) is 0 Å². The van der Waals surface area contributed by atoms with Crippen molar-refractivity contribution in [2.75, 3.05) is 11.9 Å². The summed E-state index contributed by atoms with van der Waals surface area (Å²) in [5, 5.41) is 5.63. The van der Waals surface area contributed by atoms with Crippen molar-refractivity contribution in [3.05, 3.63) is 108 Å². The van der Waals surface area contributed by atoms with Gasteiger partial charge in [0.1, 0.15) is 6.04 Å². The van der Waals surface area contributed by atoms with E-state index in [9.17, 15) is 14.4 Å². The lowest BCUT2D eigenvalue weighted by atomic mass is 10.0. The van der Waals surface area contributed by atoms with Crippen molar-refractivity contribution in [2.24, 2.45) is 0 Å². The number of hydrogen-bond acceptors (Lipinski definition) is 5. The van der Waals surface area contributed by atoms with Crippen LogP contribution >= 0.6 is 0 Å². The van der Waals surface area contributed by atoms with Crippen LogP contribution in [0.3, 0.4) is 0 Å². The number of amides is 3. The Balaban J connectivity index is 1.36. The maximum absolute atomic E-state index is 13.2. The molecule has 0 spiro atoms. The second-order valence-electron chi connectivity index (χ2n) is 8.91. The average molecular weight is 514 g/mol. The van der Waals surface area contributed by atoms with Crippen molar-refractivity contribution >= 4 is 29.5 Å². The van der Waals surface area contributed by atoms with Crippen LogP contribution in [0.2, 0.25) is 0 Å². The van der Waals surface area contributed by atoms with Gasteiger partial charge >= 0.3 is 0 Å². The van der Waals surface area contributed by atoms with E-state index in [2.05, 4.69) is 16.1 Å². The van der Waals surface area contributed by atoms with Gasteiger partial charge in [-0.2, -0.15) is 0 Å². The van der Waals surface area contributed by atoms with Crippen molar-refractivity contribution in [3.8, 4) is 0 Å². The highest BCUT2D eigenvalue weighted by molar-refractivity contribution is 6.00. The molecule has 1 heterocycles. The Bertz CT molecular complexity index is 1220. The van der Waals surface area contributed by atoms with Gasteiger partial charge in [0.05, 0.1) is 0 Å². The van der Waals surface area contributed by atoms with Gasteiger partial charge in [0.25, 0.3) is 5.91 Å². The molecule has 2 atom stereocenters. The van der Waals surface area contributed by atoms with Crippen LogP contribution in [0.4, 0.5) is 5.69 Å². The van der Waals surface area contributed by atoms with E-state index in [1.807, 2.05) is 60.7 Å². The molecule has 3 aromatic rings. The number of anilines is 1. The maximum Gasteiger partial charge on any atom is 0.274 e. The molecule has 1 saturated heterocycles. The van der Waals surface area contributed by atoms with Crippen LogP contribution in [0.25, 0.3) is 6.08 Å². The molecule has 3 aromatic carbocycles. The van der Waals surface area contributed by atoms with Crippen molar-refractivity contribution in [1.82, 2.24) is 10.8 Å². The van der Waals surface area contributed by atoms with Crippen LogP contribution in [-0.2, 0) is 25.6 Å². The van der Waals surface area contributed by atoms with E-state index in [-0.39, 0.29) is 11.8 Å². The number of ether oxygens (including phenoxy) is 1. The minimum atomic E-state index is -0.808. The molecule has 8 heteroatoms. The number of benzene rings is 3. The van der Waals surface area contributed by atoms with Crippen molar-refractivity contribution in [3.63, 3.8) is 0 Å². The van der Waals surface area contributed by atoms with E-state index >= 15 is 0 Å². The van der Waals surface area contributed by atoms with Gasteiger partial charge in [-0.3, -0.25) is 14.4 Å². The highest BCUT2D eigenvalue weighted by Crippen LogP contribution is 2.14. The van der Waals surface area contributed by atoms with Crippen LogP contribution in [0.5, 0.6) is 0 Å². The maximum atomic E-state index is 13.2. The minimum Gasteiger partial charge on any atom is -0.350 e. The zero-order valence-corrected chi connectivity index (χ0v) is 21.0. The Hall–Kier alpha value is -4.27. The first kappa shape index (κ1) is 26.8. The number of carbonyl (C=O) groups is 3. The summed E-state index contributed by atoms with van der Waals surface area (Å²) in [5.74, 6) is -1.15. The highest BCUT2D eigenvalue weighted by atomic mass is 16.8. The molecule has 196 valence electrons. The summed E-state index contributed by atoms with van der Waals surface area (Å²) in [6.45, 7) is 0.615. The highest BCUT2D eigenvalue weighted by Gasteiger charge is 2.21. The third-order valence-electron chi connectivity index (χ3n) is 5.98. The average Bonchev–Trinajstić information content (AvgIpc) is 2.96. The lowest BCUT2D eigenvalue weighted by Crippen LogP contribution is -2.44. The Morgan fingerprint density at radius 3 is 2.32 bits per heavy atom. The largest absolute Gasteiger partial charge is 0.350 e. The first-order valence-electron chi connectivity index (χ1n) is 12.6. The Kier molecular flexibility index (Phi) is 9.78. The summed E-state index contributed by atoms with van der Waals surface area (Å²) in [6, 6.07) is 24.5. The molecule has 38 heavy (non-hydrogen) atoms. The molecule has 1 unspecified atom stereocenters. The fraction of sp³-hybridized carbons (Fsp3) is 0.233. The predicted octanol–water partition coefficient (Wildman–Crippen LogP) is 4.25. The van der Waals surface area contributed by atoms with Crippen LogP contribution in [0.1, 0.15) is 40.7 Å². The molecule has 0 aliphatic carbocycles. The van der Waals surface area contributed by atoms with Gasteiger partial charge in [-0.05, 0) is 54.3 Å². The van der Waals surface area contributed by atoms with Gasteiger partial charge in [0, 0.05) is 36.8 Å². The monoisotopic (exact) mass is 513 g/mol. The van der Waals surface area contributed by atoms with E-state index in [1.54, 1.807) is 30.3 Å². The van der Waals surface area contributed by atoms with E-state index in [0.717, 1.165) is 30.4 Å². The Morgan fingerprint density at radius 2 is 1.63 bits per heavy atom. The molecular formula is C30H31N3O5. The van der Waals surface area contributed by atoms with Gasteiger partial charge in [0.2, 0.25) is 11.8 Å². The van der Waals surface area contributed by atoms with Crippen LogP contribution in [0, 0.1) is 0 Å². The summed E-state index contributed by atoms with van der Waals surface area (Å²) >= 11 is 0. The number of carbonyl (C=O) groups excluding carboxylic acids is 3. The first-order valence-corrected chi connectivity index (χ1v) is 12.6. The molecule has 1 fully saturated rings. The number of hydroxylamine groups is 1. The third kappa shape index (κ3) is 8.40. The Morgan fingerprint density at radius 1 is 0.921 bits per heavy atom. The molecule has 0 radical (unpaired) electrons. The van der Waals surface area contributed by atoms with Crippen molar-refractivity contribution < 1.29 is 24.0 Å². The molecule has 0 aromatic heterocycles. The third-order valence-corrected chi connectivity index (χ3v) is 5.98. The molecule has 3 amide bonds. The molecule has 0 bridgehead atoms. The van der Waals surface area contributed by atoms with E-state index in [1.165, 1.54) is 6.08 Å². The fourth-order valence-corrected chi connectivity index (χ4v) is 3.93. The normalized spacial score (nSPS) is 15.9. The number of rotatable bonds is 10. The second-order valence-corrected chi connectivity index (χ2v) is 8.91. The molecule has 0 saturated carbocycles. The summed E-state index contributed by atoms with van der Waals surface area (Å²) in [4.78, 5) is 43.5. The zero-order valence-electron chi connectivity index (χ0n) is 21.0. The van der Waals surface area contributed by atoms with E-state index in [4.69, 9.17) is 9.57 Å². The summed E-state index contributed by atoms with van der Waals surface area (Å²) < 4.78 is 5.44. The van der Waals surface area contributed by atoms with E-state index in [0.29, 0.717) is 24.3 Å². The van der Waals surface area contributed by atoms with Gasteiger partial charge in [0.15, 0.2) is 6.29 Å². The van der Waals surface area contributed by atoms with Crippen molar-refractivity contribution in [2.45, 2.75) is 38.0 Å². The summed E-state index contributed by atoms with van der Waals surface area (Å²) in [7, 11) is 0. The minimum absolute atomic E-state index is 0.318. The predicted molar refractivity (Wildman–Crippen MR) is 145 cm³/mol. The van der Waals surface area contributed by atoms with Gasteiger partial charge in [-0.15, -0.1) is 0 Å². The van der Waals surface area contributed by atoms with Crippen LogP contribution in [0.15, 0.2) is 91.0 Å². The van der Waals surface area contributed by atoms with Crippen LogP contribution in [-0.4, -0.2) is 36.7 Å². The van der Waals surface area contributed by atoms with Gasteiger partial charge < -0.3 is 15.4 Å². The summed E-state index contributed by atoms with van der Waals surface area (Å²) in [6.07, 6.45) is 5.69. The zero-order chi connectivity index (χ0) is 26.6. The second kappa shape index (κ2) is 13.9. The van der Waals surface area contributed by atoms with Gasteiger partial charge in [-0.25, -0.2) is 10.3 Å². The van der Waals surface area contributed by atoms with E-state index < -0.39 is 18.2 Å². The quantitative estimate of drug-likeness (QED) is 0.278. The fourth-order valence-electron chi connectivity index (χ4n) is 3.93. The standard InChI is InChI=1S/C30H31N3O5/c34-27(19-14-22-9-3-1-4-10-22)32-26(21-23-11-5-2-6-12-23)30(36)31-25-17-15-24(16-18-25)29(35)33-38-28-13-7-8-20-37-28/h1-6,9-12,14-19,26,28H,7-8,13,20-21H2,(H,31,36)(H,32,34)(H,33,35)/t26-,28?/m0/s1. The lowest BCUT2D eigenvalue weighted by Gasteiger charge is -2.22. The van der Waals surface area contributed by atoms with Crippen LogP contribution < -0.4 is 16.1 Å². The molecule has 3 N–H and O–H groups in total. The molecular weight excluding hydrogens is 482 g/mol. The molecule has 1 aliphatic heterocycles. The smallest absolute Gasteiger partial charge is 0.274 e. The molecule has 1 aliphatic rings. The first-order chi connectivity index (χ1) is 18.6. The Labute approximate surface area is 222 Å². The number of nitrogens with one attached hydrogen (secondary N) is 3. The molecule has 8 nitrogen and oxygen atoms in total. The lowest BCUT2D eigenvalue weighted by molar-refractivity contribution is -0.186. The molecule has 4 rings (SSSR count). The summed E-state index contributed by atoms with van der Waals surface area (Å²) in [5.41, 5.74) is 5.08. The topological polar surface area (TPSA) is 106 Å². The van der Waals surface area contributed by atoms with Gasteiger partial charge in [-0.1, -0.05) is 60.7 Å². The SMILES string of the molecule is O=C(C=Cc1ccccc1)N[C@@H](Cc1ccccc1)C(=O)Nc1ccc(C(=O)NOC2CCCCO2)cc1. The number of hydrogen-bond donors (Lipinski definition) is 3.